The van der Waals surface area contributed by atoms with E-state index in [0.717, 1.165) is 36.1 Å². The van der Waals surface area contributed by atoms with Gasteiger partial charge >= 0.3 is 6.09 Å². The number of aryl methyl sites for hydroxylation is 1. The number of carbonyl (C=O) groups excluding carboxylic acids is 1. The van der Waals surface area contributed by atoms with Gasteiger partial charge in [-0.1, -0.05) is 11.6 Å². The normalized spacial score (nSPS) is 18.4. The molecule has 3 heterocycles. The summed E-state index contributed by atoms with van der Waals surface area (Å²) in [5, 5.41) is 1.39. The van der Waals surface area contributed by atoms with Crippen molar-refractivity contribution in [3.63, 3.8) is 0 Å². The van der Waals surface area contributed by atoms with Crippen molar-refractivity contribution < 1.29 is 9.53 Å². The van der Waals surface area contributed by atoms with Crippen LogP contribution < -0.4 is 0 Å². The second-order valence-electron chi connectivity index (χ2n) is 7.41. The van der Waals surface area contributed by atoms with Gasteiger partial charge in [-0.3, -0.25) is 0 Å². The van der Waals surface area contributed by atoms with Gasteiger partial charge in [0.2, 0.25) is 0 Å². The number of carbonyl (C=O) groups is 1. The average molecular weight is 351 g/mol. The predicted octanol–water partition coefficient (Wildman–Crippen LogP) is 3.65. The summed E-state index contributed by atoms with van der Waals surface area (Å²) in [6.45, 7) is 9.90. The molecule has 24 heavy (non-hydrogen) atoms. The average Bonchev–Trinajstić information content (AvgIpc) is 3.04. The molecule has 1 amide bonds. The van der Waals surface area contributed by atoms with Gasteiger partial charge in [-0.15, -0.1) is 0 Å². The summed E-state index contributed by atoms with van der Waals surface area (Å²) in [5.74, 6) is 0.376. The van der Waals surface area contributed by atoms with Crippen molar-refractivity contribution in [2.45, 2.75) is 46.3 Å². The number of rotatable bonds is 2. The predicted molar refractivity (Wildman–Crippen MR) is 93.2 cm³/mol. The lowest BCUT2D eigenvalue weighted by Crippen LogP contribution is -2.35. The molecule has 1 unspecified atom stereocenters. The van der Waals surface area contributed by atoms with Gasteiger partial charge in [0.25, 0.3) is 0 Å². The molecule has 0 spiro atoms. The third kappa shape index (κ3) is 3.48. The Balaban J connectivity index is 1.70. The summed E-state index contributed by atoms with van der Waals surface area (Å²) in [6, 6.07) is 0. The van der Waals surface area contributed by atoms with Gasteiger partial charge in [0.1, 0.15) is 22.7 Å². The Bertz CT molecular complexity index is 766. The maximum Gasteiger partial charge on any atom is 0.410 e. The number of amides is 1. The van der Waals surface area contributed by atoms with Crippen LogP contribution in [0.3, 0.4) is 0 Å². The number of ether oxygens (including phenoxy) is 1. The first-order chi connectivity index (χ1) is 11.2. The van der Waals surface area contributed by atoms with E-state index in [0.29, 0.717) is 17.6 Å². The molecule has 1 saturated heterocycles. The fourth-order valence-electron chi connectivity index (χ4n) is 3.16. The van der Waals surface area contributed by atoms with E-state index in [-0.39, 0.29) is 6.09 Å². The highest BCUT2D eigenvalue weighted by molar-refractivity contribution is 6.34. The van der Waals surface area contributed by atoms with Crippen molar-refractivity contribution in [1.82, 2.24) is 19.4 Å². The fraction of sp³-hybridized carbons (Fsp3) is 0.588. The van der Waals surface area contributed by atoms with E-state index in [1.54, 1.807) is 4.90 Å². The summed E-state index contributed by atoms with van der Waals surface area (Å²) >= 11 is 6.18. The highest BCUT2D eigenvalue weighted by Gasteiger charge is 2.30. The van der Waals surface area contributed by atoms with Crippen molar-refractivity contribution in [3.8, 4) is 0 Å². The summed E-state index contributed by atoms with van der Waals surface area (Å²) in [7, 11) is 0. The molecule has 0 bridgehead atoms. The summed E-state index contributed by atoms with van der Waals surface area (Å²) in [6.07, 6.45) is 4.27. The maximum absolute atomic E-state index is 12.2. The van der Waals surface area contributed by atoms with E-state index >= 15 is 0 Å². The third-order valence-corrected chi connectivity index (χ3v) is 4.48. The zero-order valence-electron chi connectivity index (χ0n) is 14.5. The lowest BCUT2D eigenvalue weighted by atomic mass is 10.1. The van der Waals surface area contributed by atoms with E-state index in [1.165, 1.54) is 6.33 Å². The Hall–Kier alpha value is -1.82. The van der Waals surface area contributed by atoms with Crippen LogP contribution in [0, 0.1) is 12.8 Å². The minimum Gasteiger partial charge on any atom is -0.444 e. The molecule has 0 aliphatic carbocycles. The topological polar surface area (TPSA) is 60.2 Å². The Morgan fingerprint density at radius 3 is 2.88 bits per heavy atom. The van der Waals surface area contributed by atoms with Crippen LogP contribution in [0.25, 0.3) is 11.0 Å². The number of halogens is 1. The molecule has 130 valence electrons. The highest BCUT2D eigenvalue weighted by atomic mass is 35.5. The number of hydrogen-bond donors (Lipinski definition) is 0. The molecule has 1 aliphatic heterocycles. The van der Waals surface area contributed by atoms with E-state index in [2.05, 4.69) is 20.7 Å². The SMILES string of the molecule is Cc1cn(CC2CCN(C(=O)OC(C)(C)C)C2)c2ncnc(Cl)c12. The van der Waals surface area contributed by atoms with Crippen LogP contribution in [0.2, 0.25) is 5.15 Å². The van der Waals surface area contributed by atoms with Crippen molar-refractivity contribution in [2.24, 2.45) is 5.92 Å². The number of likely N-dealkylation sites (tertiary alicyclic amines) is 1. The molecule has 0 N–H and O–H groups in total. The van der Waals surface area contributed by atoms with Crippen LogP contribution in [-0.4, -0.2) is 44.2 Å². The first kappa shape index (κ1) is 17.0. The molecule has 1 aliphatic rings. The molecule has 0 radical (unpaired) electrons. The van der Waals surface area contributed by atoms with Crippen LogP contribution in [0.5, 0.6) is 0 Å². The highest BCUT2D eigenvalue weighted by Crippen LogP contribution is 2.27. The van der Waals surface area contributed by atoms with Crippen molar-refractivity contribution in [1.29, 1.82) is 0 Å². The number of hydrogen-bond acceptors (Lipinski definition) is 4. The Kier molecular flexibility index (Phi) is 4.42. The summed E-state index contributed by atoms with van der Waals surface area (Å²) in [5.41, 5.74) is 1.46. The molecular weight excluding hydrogens is 328 g/mol. The molecule has 6 nitrogen and oxygen atoms in total. The first-order valence-electron chi connectivity index (χ1n) is 8.18. The quantitative estimate of drug-likeness (QED) is 0.776. The van der Waals surface area contributed by atoms with Crippen molar-refractivity contribution >= 4 is 28.7 Å². The first-order valence-corrected chi connectivity index (χ1v) is 8.56. The van der Waals surface area contributed by atoms with Gasteiger partial charge < -0.3 is 14.2 Å². The van der Waals surface area contributed by atoms with Crippen molar-refractivity contribution in [2.75, 3.05) is 13.1 Å². The standard InChI is InChI=1S/C17H23ClN4O2/c1-11-7-22(15-13(11)14(18)19-10-20-15)9-12-5-6-21(8-12)16(23)24-17(2,3)4/h7,10,12H,5-6,8-9H2,1-4H3. The van der Waals surface area contributed by atoms with Crippen molar-refractivity contribution in [3.05, 3.63) is 23.2 Å². The van der Waals surface area contributed by atoms with Crippen LogP contribution in [0.15, 0.2) is 12.5 Å². The van der Waals surface area contributed by atoms with Gasteiger partial charge in [0, 0.05) is 25.8 Å². The second kappa shape index (κ2) is 6.24. The van der Waals surface area contributed by atoms with Crippen LogP contribution in [0.4, 0.5) is 4.79 Å². The fourth-order valence-corrected chi connectivity index (χ4v) is 3.44. The molecule has 3 rings (SSSR count). The Labute approximate surface area is 146 Å². The molecule has 1 atom stereocenters. The van der Waals surface area contributed by atoms with Crippen LogP contribution >= 0.6 is 11.6 Å². The largest absolute Gasteiger partial charge is 0.444 e. The minimum absolute atomic E-state index is 0.232. The van der Waals surface area contributed by atoms with E-state index in [4.69, 9.17) is 16.3 Å². The lowest BCUT2D eigenvalue weighted by molar-refractivity contribution is 0.0287. The minimum atomic E-state index is -0.462. The summed E-state index contributed by atoms with van der Waals surface area (Å²) in [4.78, 5) is 22.4. The maximum atomic E-state index is 12.2. The van der Waals surface area contributed by atoms with E-state index < -0.39 is 5.60 Å². The third-order valence-electron chi connectivity index (χ3n) is 4.19. The number of nitrogens with zero attached hydrogens (tertiary/aromatic N) is 4. The number of fused-ring (bicyclic) bond motifs is 1. The second-order valence-corrected chi connectivity index (χ2v) is 7.77. The molecule has 0 aromatic carbocycles. The summed E-state index contributed by atoms with van der Waals surface area (Å²) < 4.78 is 7.56. The molecule has 1 fully saturated rings. The molecule has 7 heteroatoms. The van der Waals surface area contributed by atoms with Gasteiger partial charge in [0.05, 0.1) is 5.39 Å². The van der Waals surface area contributed by atoms with Gasteiger partial charge in [-0.2, -0.15) is 0 Å². The number of aromatic nitrogens is 3. The van der Waals surface area contributed by atoms with Crippen LogP contribution in [-0.2, 0) is 11.3 Å². The van der Waals surface area contributed by atoms with E-state index in [9.17, 15) is 4.79 Å². The zero-order chi connectivity index (χ0) is 17.5. The van der Waals surface area contributed by atoms with E-state index in [1.807, 2.05) is 27.7 Å². The molecule has 2 aromatic rings. The molecule has 0 saturated carbocycles. The van der Waals surface area contributed by atoms with Gasteiger partial charge in [-0.25, -0.2) is 14.8 Å². The Morgan fingerprint density at radius 1 is 1.42 bits per heavy atom. The Morgan fingerprint density at radius 2 is 2.17 bits per heavy atom. The zero-order valence-corrected chi connectivity index (χ0v) is 15.3. The lowest BCUT2D eigenvalue weighted by Gasteiger charge is -2.24. The van der Waals surface area contributed by atoms with Crippen LogP contribution in [0.1, 0.15) is 32.8 Å². The molecular formula is C17H23ClN4O2. The van der Waals surface area contributed by atoms with Gasteiger partial charge in [-0.05, 0) is 45.6 Å². The molecule has 2 aromatic heterocycles. The smallest absolute Gasteiger partial charge is 0.410 e. The monoisotopic (exact) mass is 350 g/mol. The van der Waals surface area contributed by atoms with Gasteiger partial charge in [0.15, 0.2) is 0 Å².